The van der Waals surface area contributed by atoms with Gasteiger partial charge in [0, 0.05) is 35.8 Å². The molecule has 1 amide bonds. The highest BCUT2D eigenvalue weighted by molar-refractivity contribution is 5.94. The van der Waals surface area contributed by atoms with Crippen molar-refractivity contribution in [3.8, 4) is 11.5 Å². The molecule has 0 saturated heterocycles. The highest BCUT2D eigenvalue weighted by Crippen LogP contribution is 2.44. The van der Waals surface area contributed by atoms with E-state index >= 15 is 0 Å². The van der Waals surface area contributed by atoms with Crippen molar-refractivity contribution in [3.05, 3.63) is 76.7 Å². The fourth-order valence-corrected chi connectivity index (χ4v) is 4.87. The fraction of sp³-hybridized carbons (Fsp3) is 0.280. The average molecular weight is 431 g/mol. The number of para-hydroxylation sites is 2. The molecule has 1 aliphatic rings. The Morgan fingerprint density at radius 1 is 1.12 bits per heavy atom. The Morgan fingerprint density at radius 3 is 2.66 bits per heavy atom. The van der Waals surface area contributed by atoms with Crippen molar-refractivity contribution in [2.75, 3.05) is 20.8 Å². The largest absolute Gasteiger partial charge is 0.493 e. The van der Waals surface area contributed by atoms with Gasteiger partial charge in [-0.05, 0) is 37.1 Å². The number of nitrogens with zero attached hydrogens (tertiary/aromatic N) is 3. The second kappa shape index (κ2) is 7.75. The van der Waals surface area contributed by atoms with Crippen molar-refractivity contribution in [1.29, 1.82) is 0 Å². The van der Waals surface area contributed by atoms with Crippen molar-refractivity contribution in [1.82, 2.24) is 19.7 Å². The number of aromatic nitrogens is 3. The molecule has 7 heteroatoms. The van der Waals surface area contributed by atoms with Crippen LogP contribution >= 0.6 is 0 Å². The number of carbonyl (C=O) groups is 1. The van der Waals surface area contributed by atoms with Crippen molar-refractivity contribution in [2.45, 2.75) is 19.4 Å². The van der Waals surface area contributed by atoms with Crippen LogP contribution < -0.4 is 9.47 Å². The lowest BCUT2D eigenvalue weighted by Gasteiger charge is -2.37. The zero-order valence-corrected chi connectivity index (χ0v) is 18.7. The lowest BCUT2D eigenvalue weighted by Crippen LogP contribution is -2.41. The maximum absolute atomic E-state index is 13.8. The van der Waals surface area contributed by atoms with Crippen LogP contribution in [0.25, 0.3) is 10.9 Å². The number of hydrogen-bond acceptors (Lipinski definition) is 4. The third kappa shape index (κ3) is 3.04. The molecule has 2 aromatic carbocycles. The second-order valence-electron chi connectivity index (χ2n) is 8.09. The van der Waals surface area contributed by atoms with Gasteiger partial charge in [-0.2, -0.15) is 5.10 Å². The van der Waals surface area contributed by atoms with Crippen LogP contribution in [0.3, 0.4) is 0 Å². The van der Waals surface area contributed by atoms with Crippen molar-refractivity contribution < 1.29 is 14.3 Å². The highest BCUT2D eigenvalue weighted by atomic mass is 16.5. The van der Waals surface area contributed by atoms with Gasteiger partial charge in [0.2, 0.25) is 0 Å². The highest BCUT2D eigenvalue weighted by Gasteiger charge is 2.38. The summed E-state index contributed by atoms with van der Waals surface area (Å²) in [6.45, 7) is 2.48. The molecule has 5 rings (SSSR count). The first-order chi connectivity index (χ1) is 15.5. The summed E-state index contributed by atoms with van der Waals surface area (Å²) in [4.78, 5) is 19.3. The number of ether oxygens (including phenoxy) is 2. The summed E-state index contributed by atoms with van der Waals surface area (Å²) in [6.07, 6.45) is 0.769. The van der Waals surface area contributed by atoms with Crippen molar-refractivity contribution in [2.24, 2.45) is 7.05 Å². The first kappa shape index (κ1) is 20.2. The van der Waals surface area contributed by atoms with Gasteiger partial charge >= 0.3 is 0 Å². The number of nitrogens with one attached hydrogen (secondary N) is 1. The van der Waals surface area contributed by atoms with Gasteiger partial charge < -0.3 is 19.4 Å². The van der Waals surface area contributed by atoms with Gasteiger partial charge in [0.05, 0.1) is 19.9 Å². The Balaban J connectivity index is 1.73. The van der Waals surface area contributed by atoms with E-state index in [0.717, 1.165) is 28.9 Å². The number of aromatic amines is 1. The molecule has 32 heavy (non-hydrogen) atoms. The first-order valence-corrected chi connectivity index (χ1v) is 10.7. The van der Waals surface area contributed by atoms with Crippen LogP contribution in [0.4, 0.5) is 0 Å². The monoisotopic (exact) mass is 430 g/mol. The molecule has 0 radical (unpaired) electrons. The molecule has 0 unspecified atom stereocenters. The molecule has 3 heterocycles. The third-order valence-corrected chi connectivity index (χ3v) is 6.24. The van der Waals surface area contributed by atoms with E-state index in [9.17, 15) is 4.79 Å². The topological polar surface area (TPSA) is 72.4 Å². The van der Waals surface area contributed by atoms with Crippen LogP contribution in [0.1, 0.15) is 39.0 Å². The average Bonchev–Trinajstić information content (AvgIpc) is 3.36. The lowest BCUT2D eigenvalue weighted by molar-refractivity contribution is 0.0678. The van der Waals surface area contributed by atoms with E-state index in [4.69, 9.17) is 9.47 Å². The number of fused-ring (bicyclic) bond motifs is 3. The number of carbonyl (C=O) groups excluding carboxylic acids is 1. The van der Waals surface area contributed by atoms with Gasteiger partial charge in [0.25, 0.3) is 5.91 Å². The molecule has 1 aliphatic heterocycles. The molecule has 0 spiro atoms. The van der Waals surface area contributed by atoms with E-state index in [1.165, 1.54) is 10.9 Å². The minimum absolute atomic E-state index is 0.0627. The molecule has 2 aromatic heterocycles. The number of rotatable bonds is 4. The molecule has 4 aromatic rings. The van der Waals surface area contributed by atoms with E-state index in [1.54, 1.807) is 25.9 Å². The van der Waals surface area contributed by atoms with Gasteiger partial charge in [0.1, 0.15) is 11.7 Å². The Hall–Kier alpha value is -3.74. The molecule has 164 valence electrons. The molecular weight excluding hydrogens is 404 g/mol. The zero-order chi connectivity index (χ0) is 22.4. The number of hydrogen-bond donors (Lipinski definition) is 1. The third-order valence-electron chi connectivity index (χ3n) is 6.24. The van der Waals surface area contributed by atoms with E-state index in [0.29, 0.717) is 23.7 Å². The van der Waals surface area contributed by atoms with Gasteiger partial charge in [-0.15, -0.1) is 0 Å². The smallest absolute Gasteiger partial charge is 0.272 e. The number of amides is 1. The second-order valence-corrected chi connectivity index (χ2v) is 8.09. The predicted molar refractivity (Wildman–Crippen MR) is 122 cm³/mol. The van der Waals surface area contributed by atoms with Crippen LogP contribution in [0.5, 0.6) is 11.5 Å². The molecular formula is C25H26N4O3. The van der Waals surface area contributed by atoms with E-state index < -0.39 is 0 Å². The SMILES string of the molecule is COc1cccc([C@H]2c3[nH]c4ccccc4c3CCN2C(=O)c2cc(C)nn2C)c1OC. The molecule has 0 bridgehead atoms. The van der Waals surface area contributed by atoms with Crippen LogP contribution in [0.2, 0.25) is 0 Å². The summed E-state index contributed by atoms with van der Waals surface area (Å²) in [6, 6.07) is 15.6. The van der Waals surface area contributed by atoms with E-state index in [2.05, 4.69) is 22.2 Å². The standard InChI is InChI=1S/C25H26N4O3/c1-15-14-20(28(2)27-15)25(30)29-13-12-17-16-8-5-6-10-19(16)26-22(17)23(29)18-9-7-11-21(31-3)24(18)32-4/h5-11,14,23,26H,12-13H2,1-4H3/t23-/m0/s1. The van der Waals surface area contributed by atoms with Crippen LogP contribution in [0, 0.1) is 6.92 Å². The van der Waals surface area contributed by atoms with Crippen LogP contribution in [0.15, 0.2) is 48.5 Å². The Bertz CT molecular complexity index is 1320. The van der Waals surface area contributed by atoms with Gasteiger partial charge in [-0.25, -0.2) is 0 Å². The van der Waals surface area contributed by atoms with Gasteiger partial charge in [-0.1, -0.05) is 30.3 Å². The summed E-state index contributed by atoms with van der Waals surface area (Å²) in [5.41, 5.74) is 5.57. The van der Waals surface area contributed by atoms with E-state index in [-0.39, 0.29) is 11.9 Å². The molecule has 1 N–H and O–H groups in total. The molecule has 0 aliphatic carbocycles. The number of aryl methyl sites for hydroxylation is 2. The Labute approximate surface area is 186 Å². The van der Waals surface area contributed by atoms with Gasteiger partial charge in [0.15, 0.2) is 11.5 Å². The molecule has 0 saturated carbocycles. The normalized spacial score (nSPS) is 15.6. The minimum atomic E-state index is -0.348. The lowest BCUT2D eigenvalue weighted by atomic mass is 9.91. The van der Waals surface area contributed by atoms with Crippen molar-refractivity contribution in [3.63, 3.8) is 0 Å². The Kier molecular flexibility index (Phi) is 4.89. The molecule has 1 atom stereocenters. The summed E-state index contributed by atoms with van der Waals surface area (Å²) in [7, 11) is 5.06. The predicted octanol–water partition coefficient (Wildman–Crippen LogP) is 4.01. The van der Waals surface area contributed by atoms with Crippen molar-refractivity contribution >= 4 is 16.8 Å². The van der Waals surface area contributed by atoms with Gasteiger partial charge in [-0.3, -0.25) is 9.48 Å². The van der Waals surface area contributed by atoms with E-state index in [1.807, 2.05) is 48.2 Å². The summed E-state index contributed by atoms with van der Waals surface area (Å²) < 4.78 is 13.0. The summed E-state index contributed by atoms with van der Waals surface area (Å²) in [5, 5.41) is 5.57. The number of H-pyrrole nitrogens is 1. The molecule has 7 nitrogen and oxygen atoms in total. The summed E-state index contributed by atoms with van der Waals surface area (Å²) >= 11 is 0. The van der Waals surface area contributed by atoms with Crippen LogP contribution in [-0.4, -0.2) is 46.3 Å². The maximum Gasteiger partial charge on any atom is 0.272 e. The minimum Gasteiger partial charge on any atom is -0.493 e. The molecule has 0 fully saturated rings. The number of benzene rings is 2. The quantitative estimate of drug-likeness (QED) is 0.531. The fourth-order valence-electron chi connectivity index (χ4n) is 4.87. The van der Waals surface area contributed by atoms with Crippen LogP contribution in [-0.2, 0) is 13.5 Å². The first-order valence-electron chi connectivity index (χ1n) is 10.7. The maximum atomic E-state index is 13.8. The number of methoxy groups -OCH3 is 2. The zero-order valence-electron chi connectivity index (χ0n) is 18.7. The summed E-state index contributed by atoms with van der Waals surface area (Å²) in [5.74, 6) is 1.20. The Morgan fingerprint density at radius 2 is 1.94 bits per heavy atom.